The number of aromatic nitrogens is 2. The first-order chi connectivity index (χ1) is 14.5. The third kappa shape index (κ3) is 3.79. The van der Waals surface area contributed by atoms with Crippen molar-refractivity contribution >= 4 is 16.7 Å². The van der Waals surface area contributed by atoms with Crippen LogP contribution in [0.25, 0.3) is 10.8 Å². The van der Waals surface area contributed by atoms with Crippen molar-refractivity contribution in [2.75, 3.05) is 7.11 Å². The Morgan fingerprint density at radius 2 is 1.67 bits per heavy atom. The van der Waals surface area contributed by atoms with Gasteiger partial charge in [0.15, 0.2) is 0 Å². The van der Waals surface area contributed by atoms with Gasteiger partial charge >= 0.3 is 5.97 Å². The first-order valence-electron chi connectivity index (χ1n) is 9.81. The van der Waals surface area contributed by atoms with Crippen LogP contribution in [0.4, 0.5) is 0 Å². The summed E-state index contributed by atoms with van der Waals surface area (Å²) in [7, 11) is 1.41. The number of rotatable bonds is 6. The molecular weight excluding hydrogens is 376 g/mol. The standard InChI is InChI=1S/C25H24N2O3/c1-25(2,24(28)29-3)23(27-15-14-26-17-27)19-9-11-21(12-10-19)30-22-13-8-18-6-4-5-7-20(18)16-22/h4-17,23H,1-3H3. The first-order valence-corrected chi connectivity index (χ1v) is 9.81. The average molecular weight is 400 g/mol. The maximum absolute atomic E-state index is 12.5. The maximum Gasteiger partial charge on any atom is 0.313 e. The Kier molecular flexibility index (Phi) is 5.27. The summed E-state index contributed by atoms with van der Waals surface area (Å²) in [4.78, 5) is 16.6. The van der Waals surface area contributed by atoms with E-state index in [0.29, 0.717) is 0 Å². The van der Waals surface area contributed by atoms with Crippen LogP contribution < -0.4 is 4.74 Å². The van der Waals surface area contributed by atoms with Crippen LogP contribution in [0, 0.1) is 5.41 Å². The molecule has 1 unspecified atom stereocenters. The summed E-state index contributed by atoms with van der Waals surface area (Å²) >= 11 is 0. The van der Waals surface area contributed by atoms with E-state index in [0.717, 1.165) is 22.4 Å². The number of methoxy groups -OCH3 is 1. The van der Waals surface area contributed by atoms with Crippen LogP contribution in [0.2, 0.25) is 0 Å². The third-order valence-electron chi connectivity index (χ3n) is 5.37. The largest absolute Gasteiger partial charge is 0.469 e. The lowest BCUT2D eigenvalue weighted by molar-refractivity contribution is -0.152. The molecule has 3 aromatic carbocycles. The van der Waals surface area contributed by atoms with E-state index in [-0.39, 0.29) is 12.0 Å². The van der Waals surface area contributed by atoms with Gasteiger partial charge in [-0.3, -0.25) is 4.79 Å². The van der Waals surface area contributed by atoms with Crippen LogP contribution in [0.15, 0.2) is 85.5 Å². The molecule has 1 heterocycles. The quantitative estimate of drug-likeness (QED) is 0.394. The van der Waals surface area contributed by atoms with Crippen LogP contribution in [0.1, 0.15) is 25.5 Å². The lowest BCUT2D eigenvalue weighted by Crippen LogP contribution is -2.36. The van der Waals surface area contributed by atoms with Crippen LogP contribution in [0.3, 0.4) is 0 Å². The third-order valence-corrected chi connectivity index (χ3v) is 5.37. The smallest absolute Gasteiger partial charge is 0.313 e. The molecule has 5 nitrogen and oxygen atoms in total. The number of carbonyl (C=O) groups is 1. The molecule has 0 saturated heterocycles. The molecule has 1 aromatic heterocycles. The van der Waals surface area contributed by atoms with Crippen LogP contribution in [-0.2, 0) is 9.53 Å². The summed E-state index contributed by atoms with van der Waals surface area (Å²) in [6, 6.07) is 21.7. The molecule has 0 fully saturated rings. The van der Waals surface area contributed by atoms with Crippen molar-refractivity contribution in [3.8, 4) is 11.5 Å². The van der Waals surface area contributed by atoms with Gasteiger partial charge in [-0.1, -0.05) is 42.5 Å². The minimum Gasteiger partial charge on any atom is -0.469 e. The highest BCUT2D eigenvalue weighted by molar-refractivity contribution is 5.83. The van der Waals surface area contributed by atoms with E-state index in [1.54, 1.807) is 12.5 Å². The molecule has 30 heavy (non-hydrogen) atoms. The molecule has 0 N–H and O–H groups in total. The second-order valence-electron chi connectivity index (χ2n) is 7.81. The van der Waals surface area contributed by atoms with Crippen molar-refractivity contribution < 1.29 is 14.3 Å². The molecule has 1 atom stereocenters. The Balaban J connectivity index is 1.62. The molecule has 0 saturated carbocycles. The molecule has 4 aromatic rings. The van der Waals surface area contributed by atoms with Gasteiger partial charge in [-0.25, -0.2) is 4.98 Å². The number of ether oxygens (including phenoxy) is 2. The van der Waals surface area contributed by atoms with E-state index in [1.165, 1.54) is 12.5 Å². The van der Waals surface area contributed by atoms with E-state index < -0.39 is 5.41 Å². The summed E-state index contributed by atoms with van der Waals surface area (Å²) in [5.74, 6) is 1.23. The lowest BCUT2D eigenvalue weighted by Gasteiger charge is -2.33. The van der Waals surface area contributed by atoms with E-state index in [9.17, 15) is 4.79 Å². The number of fused-ring (bicyclic) bond motifs is 1. The molecule has 0 amide bonds. The first kappa shape index (κ1) is 19.7. The summed E-state index contributed by atoms with van der Waals surface area (Å²) < 4.78 is 13.0. The number of hydrogen-bond acceptors (Lipinski definition) is 4. The normalized spacial score (nSPS) is 12.5. The Labute approximate surface area is 175 Å². The second kappa shape index (κ2) is 8.03. The monoisotopic (exact) mass is 400 g/mol. The van der Waals surface area contributed by atoms with Gasteiger partial charge in [0, 0.05) is 12.4 Å². The highest BCUT2D eigenvalue weighted by Gasteiger charge is 2.40. The van der Waals surface area contributed by atoms with Gasteiger partial charge in [0.1, 0.15) is 11.5 Å². The molecule has 4 rings (SSSR count). The number of imidazole rings is 1. The fourth-order valence-corrected chi connectivity index (χ4v) is 3.84. The zero-order chi connectivity index (χ0) is 21.1. The molecule has 0 aliphatic carbocycles. The van der Waals surface area contributed by atoms with Gasteiger partial charge in [0.05, 0.1) is 24.9 Å². The lowest BCUT2D eigenvalue weighted by atomic mass is 9.80. The van der Waals surface area contributed by atoms with Crippen molar-refractivity contribution in [2.24, 2.45) is 5.41 Å². The van der Waals surface area contributed by atoms with Gasteiger partial charge in [-0.05, 0) is 54.4 Å². The number of carbonyl (C=O) groups excluding carboxylic acids is 1. The second-order valence-corrected chi connectivity index (χ2v) is 7.81. The highest BCUT2D eigenvalue weighted by Crippen LogP contribution is 2.38. The van der Waals surface area contributed by atoms with Crippen LogP contribution in [0.5, 0.6) is 11.5 Å². The van der Waals surface area contributed by atoms with Gasteiger partial charge < -0.3 is 14.0 Å². The Bertz CT molecular complexity index is 1150. The zero-order valence-corrected chi connectivity index (χ0v) is 17.3. The van der Waals surface area contributed by atoms with Crippen LogP contribution in [-0.4, -0.2) is 22.6 Å². The zero-order valence-electron chi connectivity index (χ0n) is 17.3. The van der Waals surface area contributed by atoms with E-state index in [2.05, 4.69) is 17.1 Å². The summed E-state index contributed by atoms with van der Waals surface area (Å²) in [5, 5.41) is 2.31. The number of hydrogen-bond donors (Lipinski definition) is 0. The van der Waals surface area contributed by atoms with Gasteiger partial charge in [0.2, 0.25) is 0 Å². The van der Waals surface area contributed by atoms with Gasteiger partial charge in [-0.2, -0.15) is 0 Å². The maximum atomic E-state index is 12.5. The van der Waals surface area contributed by atoms with Crippen molar-refractivity contribution in [1.82, 2.24) is 9.55 Å². The molecule has 0 aliphatic rings. The van der Waals surface area contributed by atoms with E-state index >= 15 is 0 Å². The average Bonchev–Trinajstić information content (AvgIpc) is 3.28. The summed E-state index contributed by atoms with van der Waals surface area (Å²) in [5.41, 5.74) is 0.185. The van der Waals surface area contributed by atoms with E-state index in [4.69, 9.17) is 9.47 Å². The molecule has 0 bridgehead atoms. The molecule has 0 radical (unpaired) electrons. The molecule has 0 aliphatic heterocycles. The summed E-state index contributed by atoms with van der Waals surface area (Å²) in [6.45, 7) is 3.76. The van der Waals surface area contributed by atoms with E-state index in [1.807, 2.05) is 79.2 Å². The number of esters is 1. The minimum absolute atomic E-state index is 0.262. The molecule has 0 spiro atoms. The fourth-order valence-electron chi connectivity index (χ4n) is 3.84. The number of benzene rings is 3. The number of nitrogens with zero attached hydrogens (tertiary/aromatic N) is 2. The molecule has 5 heteroatoms. The Morgan fingerprint density at radius 1 is 0.967 bits per heavy atom. The summed E-state index contributed by atoms with van der Waals surface area (Å²) in [6.07, 6.45) is 5.28. The highest BCUT2D eigenvalue weighted by atomic mass is 16.5. The minimum atomic E-state index is -0.782. The van der Waals surface area contributed by atoms with Gasteiger partial charge in [0.25, 0.3) is 0 Å². The van der Waals surface area contributed by atoms with Crippen molar-refractivity contribution in [2.45, 2.75) is 19.9 Å². The van der Waals surface area contributed by atoms with Crippen molar-refractivity contribution in [3.05, 3.63) is 91.0 Å². The molecular formula is C25H24N2O3. The SMILES string of the molecule is COC(=O)C(C)(C)C(c1ccc(Oc2ccc3ccccc3c2)cc1)n1ccnc1. The Morgan fingerprint density at radius 3 is 2.33 bits per heavy atom. The topological polar surface area (TPSA) is 53.4 Å². The van der Waals surface area contributed by atoms with Crippen molar-refractivity contribution in [1.29, 1.82) is 0 Å². The predicted octanol–water partition coefficient (Wildman–Crippen LogP) is 5.62. The fraction of sp³-hybridized carbons (Fsp3) is 0.200. The van der Waals surface area contributed by atoms with Gasteiger partial charge in [-0.15, -0.1) is 0 Å². The Hall–Kier alpha value is -3.60. The predicted molar refractivity (Wildman–Crippen MR) is 117 cm³/mol. The van der Waals surface area contributed by atoms with Crippen molar-refractivity contribution in [3.63, 3.8) is 0 Å². The van der Waals surface area contributed by atoms with Crippen LogP contribution >= 0.6 is 0 Å². The molecule has 152 valence electrons.